The minimum Gasteiger partial charge on any atom is -0.383 e. The molecule has 0 aliphatic heterocycles. The normalized spacial score (nSPS) is 10.9. The van der Waals surface area contributed by atoms with Crippen LogP contribution in [0.5, 0.6) is 0 Å². The largest absolute Gasteiger partial charge is 0.383 e. The van der Waals surface area contributed by atoms with E-state index in [4.69, 9.17) is 25.3 Å². The second kappa shape index (κ2) is 8.67. The molecule has 0 aliphatic carbocycles. The van der Waals surface area contributed by atoms with Crippen molar-refractivity contribution in [2.24, 2.45) is 4.90 Å². The van der Waals surface area contributed by atoms with Crippen molar-refractivity contribution in [2.45, 2.75) is 13.3 Å². The minimum atomic E-state index is 0.00706. The first kappa shape index (κ1) is 19.6. The van der Waals surface area contributed by atoms with Gasteiger partial charge in [0.2, 0.25) is 0 Å². The quantitative estimate of drug-likeness (QED) is 0.381. The molecule has 2 radical (unpaired) electrons. The number of carbonyl (C=O) groups excluding carboxylic acids is 1. The Hall–Kier alpha value is -3.19. The van der Waals surface area contributed by atoms with Gasteiger partial charge in [-0.05, 0) is 24.1 Å². The molecule has 3 aromatic rings. The molecule has 0 amide bonds. The van der Waals surface area contributed by atoms with Crippen LogP contribution in [0.25, 0.3) is 0 Å². The zero-order valence-corrected chi connectivity index (χ0v) is 15.9. The SMILES string of the molecule is [B]N=Cc1c(N)ncnc1Nc1cc(Cl)c(CC(=O)c2ccccc2)cc1C. The fourth-order valence-corrected chi connectivity index (χ4v) is 2.98. The molecule has 1 heterocycles. The van der Waals surface area contributed by atoms with Crippen molar-refractivity contribution >= 4 is 48.9 Å². The number of aryl methyl sites for hydroxylation is 1. The lowest BCUT2D eigenvalue weighted by molar-refractivity contribution is 0.0993. The molecule has 8 heteroatoms. The van der Waals surface area contributed by atoms with Gasteiger partial charge in [0.15, 0.2) is 5.78 Å². The van der Waals surface area contributed by atoms with Gasteiger partial charge in [0.05, 0.1) is 5.56 Å². The lowest BCUT2D eigenvalue weighted by Gasteiger charge is -2.14. The number of rotatable bonds is 6. The molecule has 28 heavy (non-hydrogen) atoms. The molecule has 0 unspecified atom stereocenters. The van der Waals surface area contributed by atoms with E-state index in [9.17, 15) is 4.79 Å². The molecule has 3 N–H and O–H groups in total. The fourth-order valence-electron chi connectivity index (χ4n) is 2.75. The molecular formula is C20H17BClN5O. The summed E-state index contributed by atoms with van der Waals surface area (Å²) in [5.41, 5.74) is 9.37. The molecule has 138 valence electrons. The van der Waals surface area contributed by atoms with E-state index in [0.29, 0.717) is 22.0 Å². The van der Waals surface area contributed by atoms with E-state index in [1.54, 1.807) is 18.2 Å². The summed E-state index contributed by atoms with van der Waals surface area (Å²) in [5.74, 6) is 0.710. The van der Waals surface area contributed by atoms with E-state index in [2.05, 4.69) is 20.2 Å². The van der Waals surface area contributed by atoms with Crippen molar-refractivity contribution < 1.29 is 4.79 Å². The topological polar surface area (TPSA) is 93.3 Å². The summed E-state index contributed by atoms with van der Waals surface area (Å²) in [6.45, 7) is 1.91. The average Bonchev–Trinajstić information content (AvgIpc) is 2.69. The second-order valence-corrected chi connectivity index (χ2v) is 6.56. The molecule has 0 spiro atoms. The Morgan fingerprint density at radius 1 is 1.29 bits per heavy atom. The predicted molar refractivity (Wildman–Crippen MR) is 114 cm³/mol. The number of anilines is 3. The van der Waals surface area contributed by atoms with E-state index in [1.807, 2.05) is 31.2 Å². The second-order valence-electron chi connectivity index (χ2n) is 6.15. The number of nitrogens with zero attached hydrogens (tertiary/aromatic N) is 3. The number of nitrogens with two attached hydrogens (primary N) is 1. The van der Waals surface area contributed by atoms with Gasteiger partial charge < -0.3 is 16.0 Å². The van der Waals surface area contributed by atoms with Crippen molar-refractivity contribution in [1.82, 2.24) is 9.97 Å². The predicted octanol–water partition coefficient (Wildman–Crippen LogP) is 3.69. The number of benzene rings is 2. The maximum atomic E-state index is 12.5. The number of hydrogen-bond donors (Lipinski definition) is 2. The average molecular weight is 390 g/mol. The zero-order chi connectivity index (χ0) is 20.1. The number of hydrogen-bond acceptors (Lipinski definition) is 6. The third-order valence-electron chi connectivity index (χ3n) is 4.21. The smallest absolute Gasteiger partial charge is 0.259 e. The Bertz CT molecular complexity index is 1040. The number of halogens is 1. The van der Waals surface area contributed by atoms with Crippen LogP contribution in [0, 0.1) is 6.92 Å². The summed E-state index contributed by atoms with van der Waals surface area (Å²) in [7, 11) is 5.24. The third-order valence-corrected chi connectivity index (χ3v) is 4.56. The van der Waals surface area contributed by atoms with Crippen LogP contribution in [0.15, 0.2) is 53.7 Å². The van der Waals surface area contributed by atoms with Gasteiger partial charge in [-0.3, -0.25) is 4.79 Å². The number of nitrogens with one attached hydrogen (secondary N) is 1. The molecule has 1 aromatic heterocycles. The van der Waals surface area contributed by atoms with Crippen molar-refractivity contribution in [2.75, 3.05) is 11.1 Å². The van der Waals surface area contributed by atoms with E-state index >= 15 is 0 Å². The molecule has 0 aliphatic rings. The van der Waals surface area contributed by atoms with Crippen LogP contribution in [-0.4, -0.2) is 29.9 Å². The van der Waals surface area contributed by atoms with Gasteiger partial charge in [0, 0.05) is 28.9 Å². The summed E-state index contributed by atoms with van der Waals surface area (Å²) in [6, 6.07) is 12.8. The molecule has 3 rings (SSSR count). The van der Waals surface area contributed by atoms with Crippen LogP contribution in [0.3, 0.4) is 0 Å². The standard InChI is InChI=1S/C20H17BClN5O/c1-12-7-14(8-18(28)13-5-3-2-4-6-13)16(22)9-17(12)27-20-15(10-26-21)19(23)24-11-25-20/h2-7,9-11H,8H2,1H3,(H3,23,24,25,27). The van der Waals surface area contributed by atoms with Crippen molar-refractivity contribution in [3.63, 3.8) is 0 Å². The number of Topliss-reactive ketones (excluding diaryl/α,β-unsaturated/α-hetero) is 1. The van der Waals surface area contributed by atoms with Gasteiger partial charge in [-0.1, -0.05) is 48.0 Å². The summed E-state index contributed by atoms with van der Waals surface area (Å²) < 4.78 is 0. The Labute approximate surface area is 169 Å². The molecule has 0 fully saturated rings. The lowest BCUT2D eigenvalue weighted by atomic mass is 10.0. The summed E-state index contributed by atoms with van der Waals surface area (Å²) in [5, 5.41) is 3.65. The maximum Gasteiger partial charge on any atom is 0.259 e. The molecule has 0 saturated carbocycles. The summed E-state index contributed by atoms with van der Waals surface area (Å²) in [4.78, 5) is 24.1. The zero-order valence-electron chi connectivity index (χ0n) is 15.2. The van der Waals surface area contributed by atoms with Gasteiger partial charge in [-0.15, -0.1) is 0 Å². The van der Waals surface area contributed by atoms with Crippen LogP contribution in [0.4, 0.5) is 17.3 Å². The molecule has 0 atom stereocenters. The molecule has 2 aromatic carbocycles. The van der Waals surface area contributed by atoms with Crippen molar-refractivity contribution in [3.05, 3.63) is 76.1 Å². The van der Waals surface area contributed by atoms with Crippen LogP contribution >= 0.6 is 11.6 Å². The first-order chi connectivity index (χ1) is 13.5. The number of ketones is 1. The number of aromatic nitrogens is 2. The summed E-state index contributed by atoms with van der Waals surface area (Å²) in [6.07, 6.45) is 2.94. The van der Waals surface area contributed by atoms with Gasteiger partial charge in [-0.25, -0.2) is 9.97 Å². The molecule has 6 nitrogen and oxygen atoms in total. The van der Waals surface area contributed by atoms with E-state index in [-0.39, 0.29) is 18.0 Å². The van der Waals surface area contributed by atoms with Crippen LogP contribution in [0.1, 0.15) is 27.0 Å². The highest BCUT2D eigenvalue weighted by Crippen LogP contribution is 2.29. The Morgan fingerprint density at radius 3 is 2.75 bits per heavy atom. The lowest BCUT2D eigenvalue weighted by Crippen LogP contribution is -2.07. The molecule has 0 saturated heterocycles. The summed E-state index contributed by atoms with van der Waals surface area (Å²) >= 11 is 6.44. The van der Waals surface area contributed by atoms with Gasteiger partial charge in [0.25, 0.3) is 7.98 Å². The highest BCUT2D eigenvalue weighted by atomic mass is 35.5. The number of nitrogen functional groups attached to an aromatic ring is 1. The van der Waals surface area contributed by atoms with Gasteiger partial charge in [0.1, 0.15) is 18.0 Å². The first-order valence-corrected chi connectivity index (χ1v) is 8.85. The number of carbonyl (C=O) groups is 1. The van der Waals surface area contributed by atoms with E-state index in [1.165, 1.54) is 12.5 Å². The first-order valence-electron chi connectivity index (χ1n) is 8.47. The third kappa shape index (κ3) is 4.38. The monoisotopic (exact) mass is 389 g/mol. The fraction of sp³-hybridized carbons (Fsp3) is 0.100. The van der Waals surface area contributed by atoms with Crippen LogP contribution in [-0.2, 0) is 6.42 Å². The highest BCUT2D eigenvalue weighted by Gasteiger charge is 2.14. The minimum absolute atomic E-state index is 0.00706. The Kier molecular flexibility index (Phi) is 6.06. The Morgan fingerprint density at radius 2 is 2.04 bits per heavy atom. The van der Waals surface area contributed by atoms with E-state index in [0.717, 1.165) is 16.8 Å². The molecule has 0 bridgehead atoms. The van der Waals surface area contributed by atoms with Crippen molar-refractivity contribution in [3.8, 4) is 0 Å². The highest BCUT2D eigenvalue weighted by molar-refractivity contribution is 6.32. The van der Waals surface area contributed by atoms with E-state index < -0.39 is 0 Å². The maximum absolute atomic E-state index is 12.5. The van der Waals surface area contributed by atoms with Crippen molar-refractivity contribution in [1.29, 1.82) is 0 Å². The molecular weight excluding hydrogens is 373 g/mol. The van der Waals surface area contributed by atoms with Crippen LogP contribution in [0.2, 0.25) is 5.02 Å². The van der Waals surface area contributed by atoms with Gasteiger partial charge >= 0.3 is 0 Å². The van der Waals surface area contributed by atoms with Gasteiger partial charge in [-0.2, -0.15) is 0 Å². The van der Waals surface area contributed by atoms with Crippen LogP contribution < -0.4 is 11.1 Å². The Balaban J connectivity index is 1.87.